The molecule has 1 saturated heterocycles. The van der Waals surface area contributed by atoms with E-state index in [4.69, 9.17) is 0 Å². The Balaban J connectivity index is 1.88. The van der Waals surface area contributed by atoms with Gasteiger partial charge in [0.2, 0.25) is 5.91 Å². The molecule has 114 valence electrons. The molecule has 1 aromatic heterocycles. The summed E-state index contributed by atoms with van der Waals surface area (Å²) in [6, 6.07) is 9.07. The summed E-state index contributed by atoms with van der Waals surface area (Å²) in [6.07, 6.45) is 5.51. The Labute approximate surface area is 130 Å². The number of hydrogen-bond donors (Lipinski definition) is 1. The molecule has 4 heterocycles. The molecule has 3 aliphatic heterocycles. The van der Waals surface area contributed by atoms with E-state index in [1.165, 1.54) is 42.6 Å². The molecular weight excluding hydrogens is 272 g/mol. The highest BCUT2D eigenvalue weighted by Crippen LogP contribution is 2.51. The zero-order valence-electron chi connectivity index (χ0n) is 13.2. The van der Waals surface area contributed by atoms with Crippen molar-refractivity contribution in [3.8, 4) is 0 Å². The Hall–Kier alpha value is -1.61. The highest BCUT2D eigenvalue weighted by atomic mass is 16.2. The first-order valence-corrected chi connectivity index (χ1v) is 8.75. The summed E-state index contributed by atoms with van der Waals surface area (Å²) in [7, 11) is 0. The number of quaternary nitrogens is 1. The molecule has 0 radical (unpaired) electrons. The van der Waals surface area contributed by atoms with Gasteiger partial charge in [0.05, 0.1) is 24.3 Å². The predicted molar refractivity (Wildman–Crippen MR) is 86.3 cm³/mol. The third kappa shape index (κ3) is 1.38. The van der Waals surface area contributed by atoms with E-state index in [1.54, 1.807) is 4.90 Å². The maximum Gasteiger partial charge on any atom is 0.232 e. The number of fused-ring (bicyclic) bond motifs is 3. The van der Waals surface area contributed by atoms with Gasteiger partial charge in [0, 0.05) is 23.6 Å². The number of nitrogens with zero attached hydrogens (tertiary/aromatic N) is 1. The van der Waals surface area contributed by atoms with Gasteiger partial charge in [-0.15, -0.1) is 0 Å². The molecule has 0 saturated carbocycles. The standard InChI is InChI=1S/C19H22N2O/c1-2-19-9-5-10-20-11-8-14-13-6-3-4-7-15(13)21(16(22)12-19)17(14)18(19)20/h3-4,6-7,18H,2,5,8-12H2,1H3/p+1/t18-,19-/m1/s1. The first-order valence-electron chi connectivity index (χ1n) is 8.75. The van der Waals surface area contributed by atoms with Crippen LogP contribution in [0.15, 0.2) is 24.3 Å². The van der Waals surface area contributed by atoms with Crippen molar-refractivity contribution >= 4 is 16.8 Å². The fraction of sp³-hybridized carbons (Fsp3) is 0.526. The fourth-order valence-electron chi connectivity index (χ4n) is 5.67. The van der Waals surface area contributed by atoms with Gasteiger partial charge in [-0.3, -0.25) is 9.36 Å². The number of carbonyl (C=O) groups is 1. The van der Waals surface area contributed by atoms with Crippen LogP contribution >= 0.6 is 0 Å². The molecular formula is C19H23N2O+. The number of aromatic nitrogens is 1. The minimum atomic E-state index is 0.213. The van der Waals surface area contributed by atoms with Gasteiger partial charge in [-0.2, -0.15) is 0 Å². The van der Waals surface area contributed by atoms with Gasteiger partial charge < -0.3 is 4.90 Å². The van der Waals surface area contributed by atoms with Gasteiger partial charge in [0.25, 0.3) is 0 Å². The quantitative estimate of drug-likeness (QED) is 0.859. The van der Waals surface area contributed by atoms with Crippen LogP contribution in [0, 0.1) is 5.41 Å². The van der Waals surface area contributed by atoms with Crippen LogP contribution < -0.4 is 4.90 Å². The Kier molecular flexibility index (Phi) is 2.48. The number of rotatable bonds is 1. The molecule has 0 aliphatic carbocycles. The number of para-hydroxylation sites is 1. The van der Waals surface area contributed by atoms with Crippen LogP contribution in [0.25, 0.3) is 10.9 Å². The predicted octanol–water partition coefficient (Wildman–Crippen LogP) is 2.36. The molecule has 1 N–H and O–H groups in total. The van der Waals surface area contributed by atoms with E-state index in [-0.39, 0.29) is 5.41 Å². The van der Waals surface area contributed by atoms with E-state index >= 15 is 0 Å². The highest BCUT2D eigenvalue weighted by Gasteiger charge is 2.55. The molecule has 0 amide bonds. The fourth-order valence-corrected chi connectivity index (χ4v) is 5.67. The number of nitrogens with one attached hydrogen (secondary N) is 1. The van der Waals surface area contributed by atoms with Gasteiger partial charge in [0.15, 0.2) is 0 Å². The summed E-state index contributed by atoms with van der Waals surface area (Å²) in [5, 5.41) is 1.32. The highest BCUT2D eigenvalue weighted by molar-refractivity contribution is 5.97. The molecule has 0 spiro atoms. The maximum absolute atomic E-state index is 13.0. The third-order valence-electron chi connectivity index (χ3n) is 6.64. The minimum absolute atomic E-state index is 0.213. The summed E-state index contributed by atoms with van der Waals surface area (Å²) in [4.78, 5) is 14.7. The van der Waals surface area contributed by atoms with Crippen LogP contribution in [0.4, 0.5) is 0 Å². The van der Waals surface area contributed by atoms with Gasteiger partial charge in [-0.25, -0.2) is 0 Å². The van der Waals surface area contributed by atoms with Crippen molar-refractivity contribution in [1.29, 1.82) is 0 Å². The molecule has 3 aliphatic rings. The summed E-state index contributed by atoms with van der Waals surface area (Å²) in [5.74, 6) is 0.332. The third-order valence-corrected chi connectivity index (χ3v) is 6.64. The van der Waals surface area contributed by atoms with Gasteiger partial charge in [-0.05, 0) is 30.9 Å². The second kappa shape index (κ2) is 4.23. The van der Waals surface area contributed by atoms with Gasteiger partial charge in [-0.1, -0.05) is 25.1 Å². The lowest BCUT2D eigenvalue weighted by atomic mass is 9.64. The summed E-state index contributed by atoms with van der Waals surface area (Å²) < 4.78 is 2.09. The lowest BCUT2D eigenvalue weighted by Gasteiger charge is -2.51. The Morgan fingerprint density at radius 2 is 2.18 bits per heavy atom. The zero-order chi connectivity index (χ0) is 14.9. The van der Waals surface area contributed by atoms with E-state index in [0.717, 1.165) is 24.8 Å². The van der Waals surface area contributed by atoms with Crippen molar-refractivity contribution in [3.63, 3.8) is 0 Å². The van der Waals surface area contributed by atoms with Gasteiger partial charge in [0.1, 0.15) is 6.04 Å². The van der Waals surface area contributed by atoms with Gasteiger partial charge >= 0.3 is 0 Å². The normalized spacial score (nSPS) is 33.0. The first-order chi connectivity index (χ1) is 10.7. The summed E-state index contributed by atoms with van der Waals surface area (Å²) in [6.45, 7) is 4.81. The number of benzene rings is 1. The van der Waals surface area contributed by atoms with Crippen LogP contribution in [0.5, 0.6) is 0 Å². The molecule has 1 aromatic carbocycles. The SMILES string of the molecule is CC[C@@]12CCC[NH+]3CCc4c(n(c5ccccc45)C(=O)C1)[C@@H]32. The lowest BCUT2D eigenvalue weighted by Crippen LogP contribution is -3.16. The summed E-state index contributed by atoms with van der Waals surface area (Å²) >= 11 is 0. The molecule has 5 rings (SSSR count). The average Bonchev–Trinajstić information content (AvgIpc) is 2.89. The van der Waals surface area contributed by atoms with E-state index in [2.05, 4.69) is 35.8 Å². The van der Waals surface area contributed by atoms with Crippen LogP contribution in [0.3, 0.4) is 0 Å². The number of hydrogen-bond acceptors (Lipinski definition) is 1. The van der Waals surface area contributed by atoms with Crippen molar-refractivity contribution in [3.05, 3.63) is 35.5 Å². The van der Waals surface area contributed by atoms with Crippen molar-refractivity contribution < 1.29 is 9.69 Å². The van der Waals surface area contributed by atoms with E-state index in [9.17, 15) is 4.79 Å². The molecule has 1 unspecified atom stereocenters. The van der Waals surface area contributed by atoms with Crippen molar-refractivity contribution in [1.82, 2.24) is 4.57 Å². The molecule has 1 fully saturated rings. The van der Waals surface area contributed by atoms with Crippen LogP contribution in [-0.4, -0.2) is 23.6 Å². The second-order valence-electron chi connectivity index (χ2n) is 7.45. The Bertz CT molecular complexity index is 790. The molecule has 0 bridgehead atoms. The first kappa shape index (κ1) is 12.9. The molecule has 3 heteroatoms. The second-order valence-corrected chi connectivity index (χ2v) is 7.45. The monoisotopic (exact) mass is 295 g/mol. The molecule has 3 atom stereocenters. The topological polar surface area (TPSA) is 26.4 Å². The van der Waals surface area contributed by atoms with Crippen LogP contribution in [-0.2, 0) is 6.42 Å². The smallest absolute Gasteiger partial charge is 0.232 e. The van der Waals surface area contributed by atoms with Crippen LogP contribution in [0.1, 0.15) is 54.7 Å². The average molecular weight is 295 g/mol. The Morgan fingerprint density at radius 3 is 3.05 bits per heavy atom. The van der Waals surface area contributed by atoms with Crippen molar-refractivity contribution in [2.24, 2.45) is 5.41 Å². The molecule has 3 nitrogen and oxygen atoms in total. The molecule has 2 aromatic rings. The number of piperidine rings is 1. The zero-order valence-corrected chi connectivity index (χ0v) is 13.2. The Morgan fingerprint density at radius 1 is 1.32 bits per heavy atom. The van der Waals surface area contributed by atoms with Crippen molar-refractivity contribution in [2.75, 3.05) is 13.1 Å². The minimum Gasteiger partial charge on any atom is -0.327 e. The summed E-state index contributed by atoms with van der Waals surface area (Å²) in [5.41, 5.74) is 4.20. The lowest BCUT2D eigenvalue weighted by molar-refractivity contribution is -0.949. The number of carbonyl (C=O) groups excluding carboxylic acids is 1. The van der Waals surface area contributed by atoms with E-state index < -0.39 is 0 Å². The van der Waals surface area contributed by atoms with E-state index in [0.29, 0.717) is 11.9 Å². The van der Waals surface area contributed by atoms with Crippen LogP contribution in [0.2, 0.25) is 0 Å². The van der Waals surface area contributed by atoms with E-state index in [1.807, 2.05) is 0 Å². The molecule has 22 heavy (non-hydrogen) atoms. The maximum atomic E-state index is 13.0. The van der Waals surface area contributed by atoms with Crippen molar-refractivity contribution in [2.45, 2.75) is 45.1 Å². The largest absolute Gasteiger partial charge is 0.327 e.